The summed E-state index contributed by atoms with van der Waals surface area (Å²) in [5, 5.41) is 11.0. The number of aromatic hydroxyl groups is 1. The molecule has 0 amide bonds. The van der Waals surface area contributed by atoms with Gasteiger partial charge in [-0.25, -0.2) is 0 Å². The smallest absolute Gasteiger partial charge is 0.176 e. The first-order valence-corrected chi connectivity index (χ1v) is 5.83. The molecule has 3 heteroatoms. The van der Waals surface area contributed by atoms with Gasteiger partial charge in [0.2, 0.25) is 0 Å². The van der Waals surface area contributed by atoms with Crippen LogP contribution in [0.25, 0.3) is 11.0 Å². The van der Waals surface area contributed by atoms with Crippen LogP contribution >= 0.6 is 0 Å². The number of hydrogen-bond donors (Lipinski definition) is 1. The molecule has 0 fully saturated rings. The summed E-state index contributed by atoms with van der Waals surface area (Å²) < 4.78 is 5.35. The highest BCUT2D eigenvalue weighted by molar-refractivity contribution is 6.04. The number of furan rings is 1. The monoisotopic (exact) mass is 230 g/mol. The van der Waals surface area contributed by atoms with E-state index in [2.05, 4.69) is 0 Å². The summed E-state index contributed by atoms with van der Waals surface area (Å²) in [5.41, 5.74) is 2.86. The molecule has 2 aromatic rings. The lowest BCUT2D eigenvalue weighted by atomic mass is 9.83. The van der Waals surface area contributed by atoms with Gasteiger partial charge < -0.3 is 9.52 Å². The van der Waals surface area contributed by atoms with Crippen molar-refractivity contribution in [1.29, 1.82) is 0 Å². The molecule has 0 bridgehead atoms. The Balaban J connectivity index is 2.36. The summed E-state index contributed by atoms with van der Waals surface area (Å²) in [6.45, 7) is 3.94. The average molecular weight is 230 g/mol. The molecule has 3 rings (SSSR count). The number of fused-ring (bicyclic) bond motifs is 2. The maximum absolute atomic E-state index is 12.0. The Hall–Kier alpha value is -1.77. The number of rotatable bonds is 0. The van der Waals surface area contributed by atoms with E-state index < -0.39 is 0 Å². The fraction of sp³-hybridized carbons (Fsp3) is 0.357. The van der Waals surface area contributed by atoms with E-state index in [-0.39, 0.29) is 17.5 Å². The van der Waals surface area contributed by atoms with Crippen molar-refractivity contribution in [1.82, 2.24) is 0 Å². The SMILES string of the molecule is Cc1coc2c(O)c3c(cc12)C(=O)C[C@@H](C)C3. The Morgan fingerprint density at radius 3 is 2.94 bits per heavy atom. The van der Waals surface area contributed by atoms with E-state index in [1.54, 1.807) is 6.26 Å². The predicted octanol–water partition coefficient (Wildman–Crippen LogP) is 3.21. The minimum atomic E-state index is 0.122. The fourth-order valence-electron chi connectivity index (χ4n) is 2.61. The van der Waals surface area contributed by atoms with E-state index in [1.165, 1.54) is 0 Å². The molecule has 0 saturated heterocycles. The fourth-order valence-corrected chi connectivity index (χ4v) is 2.61. The Labute approximate surface area is 99.0 Å². The van der Waals surface area contributed by atoms with Crippen LogP contribution in [0.2, 0.25) is 0 Å². The molecule has 1 N–H and O–H groups in total. The van der Waals surface area contributed by atoms with Crippen molar-refractivity contribution in [2.24, 2.45) is 5.92 Å². The van der Waals surface area contributed by atoms with Gasteiger partial charge in [0.25, 0.3) is 0 Å². The van der Waals surface area contributed by atoms with Crippen molar-refractivity contribution in [2.75, 3.05) is 0 Å². The number of phenols is 1. The second-order valence-electron chi connectivity index (χ2n) is 4.98. The molecular weight excluding hydrogens is 216 g/mol. The van der Waals surface area contributed by atoms with E-state index in [1.807, 2.05) is 19.9 Å². The first kappa shape index (κ1) is 10.4. The molecule has 3 nitrogen and oxygen atoms in total. The van der Waals surface area contributed by atoms with E-state index >= 15 is 0 Å². The zero-order valence-electron chi connectivity index (χ0n) is 9.91. The second kappa shape index (κ2) is 3.36. The van der Waals surface area contributed by atoms with Crippen LogP contribution in [0.4, 0.5) is 0 Å². The van der Waals surface area contributed by atoms with Gasteiger partial charge in [0, 0.05) is 22.9 Å². The summed E-state index contributed by atoms with van der Waals surface area (Å²) >= 11 is 0. The number of aryl methyl sites for hydroxylation is 1. The Morgan fingerprint density at radius 1 is 1.41 bits per heavy atom. The van der Waals surface area contributed by atoms with Gasteiger partial charge in [0.15, 0.2) is 17.1 Å². The molecule has 1 aromatic carbocycles. The zero-order valence-corrected chi connectivity index (χ0v) is 9.91. The van der Waals surface area contributed by atoms with E-state index in [9.17, 15) is 9.90 Å². The molecule has 88 valence electrons. The topological polar surface area (TPSA) is 50.4 Å². The minimum absolute atomic E-state index is 0.122. The molecule has 0 saturated carbocycles. The van der Waals surface area contributed by atoms with Gasteiger partial charge in [-0.1, -0.05) is 6.92 Å². The lowest BCUT2D eigenvalue weighted by Gasteiger charge is -2.21. The van der Waals surface area contributed by atoms with Crippen LogP contribution in [0.1, 0.15) is 34.8 Å². The van der Waals surface area contributed by atoms with Crippen LogP contribution < -0.4 is 0 Å². The van der Waals surface area contributed by atoms with E-state index in [4.69, 9.17) is 4.42 Å². The number of hydrogen-bond acceptors (Lipinski definition) is 3. The number of Topliss-reactive ketones (excluding diaryl/α,β-unsaturated/α-hetero) is 1. The van der Waals surface area contributed by atoms with Gasteiger partial charge >= 0.3 is 0 Å². The number of benzene rings is 1. The lowest BCUT2D eigenvalue weighted by Crippen LogP contribution is -2.18. The molecule has 0 aliphatic heterocycles. The largest absolute Gasteiger partial charge is 0.504 e. The highest BCUT2D eigenvalue weighted by atomic mass is 16.3. The standard InChI is InChI=1S/C14H14O3/c1-7-3-11-10(12(15)4-7)5-9-8(2)6-17-14(9)13(11)16/h5-7,16H,3-4H2,1-2H3/t7-/m0/s1. The number of carbonyl (C=O) groups is 1. The molecule has 1 atom stereocenters. The number of ketones is 1. The molecule has 1 aliphatic carbocycles. The molecular formula is C14H14O3. The van der Waals surface area contributed by atoms with Crippen LogP contribution in [-0.4, -0.2) is 10.9 Å². The zero-order chi connectivity index (χ0) is 12.2. The molecule has 1 aliphatic rings. The van der Waals surface area contributed by atoms with Gasteiger partial charge in [-0.2, -0.15) is 0 Å². The van der Waals surface area contributed by atoms with Gasteiger partial charge in [-0.15, -0.1) is 0 Å². The lowest BCUT2D eigenvalue weighted by molar-refractivity contribution is 0.0952. The first-order chi connectivity index (χ1) is 8.08. The summed E-state index contributed by atoms with van der Waals surface area (Å²) in [6.07, 6.45) is 2.92. The third-order valence-electron chi connectivity index (χ3n) is 3.52. The van der Waals surface area contributed by atoms with Gasteiger partial charge in [0.1, 0.15) is 0 Å². The first-order valence-electron chi connectivity index (χ1n) is 5.83. The van der Waals surface area contributed by atoms with Crippen molar-refractivity contribution >= 4 is 16.8 Å². The van der Waals surface area contributed by atoms with Crippen LogP contribution in [0.15, 0.2) is 16.7 Å². The van der Waals surface area contributed by atoms with Crippen LogP contribution in [0.3, 0.4) is 0 Å². The Bertz CT molecular complexity index is 622. The maximum atomic E-state index is 12.0. The van der Waals surface area contributed by atoms with Gasteiger partial charge in [-0.3, -0.25) is 4.79 Å². The molecule has 1 heterocycles. The van der Waals surface area contributed by atoms with Crippen molar-refractivity contribution in [3.63, 3.8) is 0 Å². The molecule has 0 radical (unpaired) electrons. The highest BCUT2D eigenvalue weighted by Gasteiger charge is 2.27. The van der Waals surface area contributed by atoms with Gasteiger partial charge in [0.05, 0.1) is 6.26 Å². The van der Waals surface area contributed by atoms with E-state index in [0.717, 1.165) is 22.9 Å². The van der Waals surface area contributed by atoms with Crippen LogP contribution in [-0.2, 0) is 6.42 Å². The van der Waals surface area contributed by atoms with Crippen molar-refractivity contribution in [3.05, 3.63) is 29.0 Å². The summed E-state index contributed by atoms with van der Waals surface area (Å²) in [6, 6.07) is 1.86. The molecule has 0 unspecified atom stereocenters. The van der Waals surface area contributed by atoms with Crippen molar-refractivity contribution in [3.8, 4) is 5.75 Å². The quantitative estimate of drug-likeness (QED) is 0.756. The third kappa shape index (κ3) is 1.38. The van der Waals surface area contributed by atoms with Crippen LogP contribution in [0.5, 0.6) is 5.75 Å². The highest BCUT2D eigenvalue weighted by Crippen LogP contribution is 2.39. The number of carbonyl (C=O) groups excluding carboxylic acids is 1. The Kier molecular flexibility index (Phi) is 2.05. The molecule has 1 aromatic heterocycles. The van der Waals surface area contributed by atoms with Crippen LogP contribution in [0, 0.1) is 12.8 Å². The second-order valence-corrected chi connectivity index (χ2v) is 4.98. The van der Waals surface area contributed by atoms with Gasteiger partial charge in [-0.05, 0) is 30.9 Å². The summed E-state index contributed by atoms with van der Waals surface area (Å²) in [5.74, 6) is 0.552. The van der Waals surface area contributed by atoms with E-state index in [0.29, 0.717) is 17.6 Å². The van der Waals surface area contributed by atoms with Crippen molar-refractivity contribution < 1.29 is 14.3 Å². The molecule has 17 heavy (non-hydrogen) atoms. The Morgan fingerprint density at radius 2 is 2.18 bits per heavy atom. The minimum Gasteiger partial charge on any atom is -0.504 e. The number of phenolic OH excluding ortho intramolecular Hbond substituents is 1. The maximum Gasteiger partial charge on any atom is 0.176 e. The average Bonchev–Trinajstić information content (AvgIpc) is 2.63. The third-order valence-corrected chi connectivity index (χ3v) is 3.52. The van der Waals surface area contributed by atoms with Crippen molar-refractivity contribution in [2.45, 2.75) is 26.7 Å². The predicted molar refractivity (Wildman–Crippen MR) is 64.4 cm³/mol. The summed E-state index contributed by atoms with van der Waals surface area (Å²) in [7, 11) is 0. The molecule has 0 spiro atoms. The normalized spacial score (nSPS) is 19.6. The summed E-state index contributed by atoms with van der Waals surface area (Å²) in [4.78, 5) is 12.0.